The molecular weight excluding hydrogens is 300 g/mol. The molecule has 132 valence electrons. The van der Waals surface area contributed by atoms with Gasteiger partial charge in [-0.15, -0.1) is 0 Å². The summed E-state index contributed by atoms with van der Waals surface area (Å²) in [5.74, 6) is 0.131. The third kappa shape index (κ3) is 4.33. The number of hydrogen-bond donors (Lipinski definition) is 1. The SMILES string of the molecule is CN(CC(=O)NCC1(N2CCCC2)CCCC1)Cc1cccnc1. The number of likely N-dealkylation sites (tertiary alicyclic amines) is 1. The summed E-state index contributed by atoms with van der Waals surface area (Å²) < 4.78 is 0. The number of nitrogens with one attached hydrogen (secondary N) is 1. The van der Waals surface area contributed by atoms with Crippen molar-refractivity contribution in [2.45, 2.75) is 50.6 Å². The maximum atomic E-state index is 12.4. The number of carbonyl (C=O) groups is 1. The van der Waals surface area contributed by atoms with E-state index in [-0.39, 0.29) is 11.4 Å². The summed E-state index contributed by atoms with van der Waals surface area (Å²) in [4.78, 5) is 21.2. The first-order chi connectivity index (χ1) is 11.7. The molecule has 1 aliphatic heterocycles. The highest BCUT2D eigenvalue weighted by Crippen LogP contribution is 2.36. The fourth-order valence-electron chi connectivity index (χ4n) is 4.25. The van der Waals surface area contributed by atoms with Crippen LogP contribution in [0, 0.1) is 0 Å². The van der Waals surface area contributed by atoms with Gasteiger partial charge in [-0.05, 0) is 57.5 Å². The van der Waals surface area contributed by atoms with E-state index in [2.05, 4.69) is 15.2 Å². The topological polar surface area (TPSA) is 48.5 Å². The molecule has 1 saturated carbocycles. The zero-order valence-corrected chi connectivity index (χ0v) is 14.8. The van der Waals surface area contributed by atoms with Gasteiger partial charge in [-0.25, -0.2) is 0 Å². The lowest BCUT2D eigenvalue weighted by molar-refractivity contribution is -0.122. The lowest BCUT2D eigenvalue weighted by Gasteiger charge is -2.39. The van der Waals surface area contributed by atoms with Crippen LogP contribution >= 0.6 is 0 Å². The quantitative estimate of drug-likeness (QED) is 0.831. The van der Waals surface area contributed by atoms with Gasteiger partial charge >= 0.3 is 0 Å². The van der Waals surface area contributed by atoms with Crippen LogP contribution in [0.5, 0.6) is 0 Å². The Morgan fingerprint density at radius 1 is 1.29 bits per heavy atom. The Kier molecular flexibility index (Phi) is 5.85. The molecule has 1 saturated heterocycles. The van der Waals surface area contributed by atoms with Gasteiger partial charge < -0.3 is 5.32 Å². The van der Waals surface area contributed by atoms with E-state index in [1.54, 1.807) is 6.20 Å². The Labute approximate surface area is 145 Å². The first kappa shape index (κ1) is 17.4. The molecule has 1 aliphatic carbocycles. The van der Waals surface area contributed by atoms with Gasteiger partial charge in [0.1, 0.15) is 0 Å². The molecule has 0 radical (unpaired) electrons. The molecule has 0 aromatic carbocycles. The fourth-order valence-corrected chi connectivity index (χ4v) is 4.25. The highest BCUT2D eigenvalue weighted by molar-refractivity contribution is 5.78. The van der Waals surface area contributed by atoms with E-state index in [4.69, 9.17) is 0 Å². The van der Waals surface area contributed by atoms with Gasteiger partial charge in [-0.2, -0.15) is 0 Å². The summed E-state index contributed by atoms with van der Waals surface area (Å²) in [5.41, 5.74) is 1.37. The lowest BCUT2D eigenvalue weighted by Crippen LogP contribution is -2.53. The molecule has 0 bridgehead atoms. The number of hydrogen-bond acceptors (Lipinski definition) is 4. The Hall–Kier alpha value is -1.46. The van der Waals surface area contributed by atoms with E-state index in [1.807, 2.05) is 30.3 Å². The van der Waals surface area contributed by atoms with Crippen LogP contribution in [-0.4, -0.2) is 59.5 Å². The van der Waals surface area contributed by atoms with Crippen molar-refractivity contribution in [2.75, 3.05) is 33.2 Å². The van der Waals surface area contributed by atoms with Crippen molar-refractivity contribution in [2.24, 2.45) is 0 Å². The van der Waals surface area contributed by atoms with E-state index < -0.39 is 0 Å². The molecule has 2 heterocycles. The van der Waals surface area contributed by atoms with Gasteiger partial charge in [0.25, 0.3) is 0 Å². The van der Waals surface area contributed by atoms with Crippen LogP contribution in [-0.2, 0) is 11.3 Å². The largest absolute Gasteiger partial charge is 0.353 e. The van der Waals surface area contributed by atoms with Gasteiger partial charge in [-0.1, -0.05) is 18.9 Å². The third-order valence-electron chi connectivity index (χ3n) is 5.51. The molecule has 1 aromatic rings. The molecule has 5 nitrogen and oxygen atoms in total. The van der Waals surface area contributed by atoms with Crippen LogP contribution in [0.4, 0.5) is 0 Å². The molecule has 24 heavy (non-hydrogen) atoms. The highest BCUT2D eigenvalue weighted by atomic mass is 16.2. The lowest BCUT2D eigenvalue weighted by atomic mass is 9.95. The van der Waals surface area contributed by atoms with Crippen molar-refractivity contribution < 1.29 is 4.79 Å². The number of amides is 1. The standard InChI is InChI=1S/C19H30N4O/c1-22(14-17-7-6-10-20-13-17)15-18(24)21-16-19(8-2-3-9-19)23-11-4-5-12-23/h6-7,10,13H,2-5,8-9,11-12,14-16H2,1H3,(H,21,24). The van der Waals surface area contributed by atoms with Crippen LogP contribution in [0.1, 0.15) is 44.1 Å². The van der Waals surface area contributed by atoms with E-state index in [1.165, 1.54) is 51.6 Å². The van der Waals surface area contributed by atoms with Crippen molar-refractivity contribution in [3.8, 4) is 0 Å². The van der Waals surface area contributed by atoms with Gasteiger partial charge in [0.2, 0.25) is 5.91 Å². The molecule has 2 aliphatic rings. The summed E-state index contributed by atoms with van der Waals surface area (Å²) in [6.45, 7) is 4.41. The first-order valence-corrected chi connectivity index (χ1v) is 9.27. The maximum Gasteiger partial charge on any atom is 0.234 e. The molecule has 1 amide bonds. The molecular formula is C19H30N4O. The summed E-state index contributed by atoms with van der Waals surface area (Å²) in [6, 6.07) is 3.98. The van der Waals surface area contributed by atoms with Crippen LogP contribution in [0.15, 0.2) is 24.5 Å². The second kappa shape index (κ2) is 8.08. The number of carbonyl (C=O) groups excluding carboxylic acids is 1. The minimum atomic E-state index is 0.131. The number of aromatic nitrogens is 1. The Morgan fingerprint density at radius 3 is 2.71 bits per heavy atom. The molecule has 1 N–H and O–H groups in total. The predicted octanol–water partition coefficient (Wildman–Crippen LogP) is 2.04. The molecule has 0 spiro atoms. The Balaban J connectivity index is 1.47. The summed E-state index contributed by atoms with van der Waals surface area (Å²) >= 11 is 0. The van der Waals surface area contributed by atoms with Crippen molar-refractivity contribution in [3.05, 3.63) is 30.1 Å². The number of pyridine rings is 1. The van der Waals surface area contributed by atoms with Crippen molar-refractivity contribution in [1.29, 1.82) is 0 Å². The number of nitrogens with zero attached hydrogens (tertiary/aromatic N) is 3. The molecule has 0 unspecified atom stereocenters. The first-order valence-electron chi connectivity index (χ1n) is 9.27. The number of rotatable bonds is 7. The van der Waals surface area contributed by atoms with E-state index >= 15 is 0 Å². The second-order valence-electron chi connectivity index (χ2n) is 7.44. The third-order valence-corrected chi connectivity index (χ3v) is 5.51. The molecule has 5 heteroatoms. The van der Waals surface area contributed by atoms with Gasteiger partial charge in [-0.3, -0.25) is 19.6 Å². The summed E-state index contributed by atoms with van der Waals surface area (Å²) in [5, 5.41) is 3.22. The zero-order chi connectivity index (χ0) is 16.8. The van der Waals surface area contributed by atoms with Gasteiger partial charge in [0.05, 0.1) is 6.54 Å². The molecule has 2 fully saturated rings. The monoisotopic (exact) mass is 330 g/mol. The number of likely N-dealkylation sites (N-methyl/N-ethyl adjacent to an activating group) is 1. The normalized spacial score (nSPS) is 20.6. The van der Waals surface area contributed by atoms with Crippen LogP contribution in [0.25, 0.3) is 0 Å². The predicted molar refractivity (Wildman–Crippen MR) is 95.6 cm³/mol. The van der Waals surface area contributed by atoms with Crippen LogP contribution < -0.4 is 5.32 Å². The fraction of sp³-hybridized carbons (Fsp3) is 0.684. The molecule has 3 rings (SSSR count). The van der Waals surface area contributed by atoms with Gasteiger partial charge in [0.15, 0.2) is 0 Å². The average Bonchev–Trinajstić information content (AvgIpc) is 3.26. The van der Waals surface area contributed by atoms with E-state index in [0.29, 0.717) is 6.54 Å². The van der Waals surface area contributed by atoms with Crippen molar-refractivity contribution in [1.82, 2.24) is 20.1 Å². The van der Waals surface area contributed by atoms with Crippen LogP contribution in [0.3, 0.4) is 0 Å². The van der Waals surface area contributed by atoms with Crippen molar-refractivity contribution in [3.63, 3.8) is 0 Å². The van der Waals surface area contributed by atoms with Gasteiger partial charge in [0, 0.05) is 31.0 Å². The minimum absolute atomic E-state index is 0.131. The zero-order valence-electron chi connectivity index (χ0n) is 14.8. The smallest absolute Gasteiger partial charge is 0.234 e. The maximum absolute atomic E-state index is 12.4. The van der Waals surface area contributed by atoms with Crippen LogP contribution in [0.2, 0.25) is 0 Å². The Morgan fingerprint density at radius 2 is 2.04 bits per heavy atom. The van der Waals surface area contributed by atoms with Crippen molar-refractivity contribution >= 4 is 5.91 Å². The average molecular weight is 330 g/mol. The summed E-state index contributed by atoms with van der Waals surface area (Å²) in [6.07, 6.45) is 11.3. The van der Waals surface area contributed by atoms with E-state index in [9.17, 15) is 4.79 Å². The highest BCUT2D eigenvalue weighted by Gasteiger charge is 2.40. The minimum Gasteiger partial charge on any atom is -0.353 e. The second-order valence-corrected chi connectivity index (χ2v) is 7.44. The van der Waals surface area contributed by atoms with E-state index in [0.717, 1.165) is 18.7 Å². The Bertz CT molecular complexity index is 521. The molecule has 0 atom stereocenters. The molecule has 1 aromatic heterocycles. The summed E-state index contributed by atoms with van der Waals surface area (Å²) in [7, 11) is 1.98.